The highest BCUT2D eigenvalue weighted by Gasteiger charge is 2.35. The van der Waals surface area contributed by atoms with Crippen molar-refractivity contribution in [2.24, 2.45) is 5.92 Å². The van der Waals surface area contributed by atoms with Crippen molar-refractivity contribution in [3.05, 3.63) is 59.1 Å². The largest absolute Gasteiger partial charge is 0.349 e. The zero-order valence-corrected chi connectivity index (χ0v) is 15.9. The van der Waals surface area contributed by atoms with Crippen LogP contribution in [0.2, 0.25) is 5.02 Å². The van der Waals surface area contributed by atoms with Gasteiger partial charge in [0.1, 0.15) is 0 Å². The molecule has 1 aliphatic carbocycles. The molecule has 0 aromatic heterocycles. The minimum Gasteiger partial charge on any atom is -0.349 e. The predicted octanol–water partition coefficient (Wildman–Crippen LogP) is 3.22. The molecule has 0 spiro atoms. The Morgan fingerprint density at radius 3 is 2.50 bits per heavy atom. The Balaban J connectivity index is 1.37. The van der Waals surface area contributed by atoms with E-state index >= 15 is 0 Å². The summed E-state index contributed by atoms with van der Waals surface area (Å²) < 4.78 is 0. The summed E-state index contributed by atoms with van der Waals surface area (Å²) in [5.74, 6) is -0.856. The second kappa shape index (κ2) is 7.64. The Bertz CT molecular complexity index is 925. The molecule has 1 unspecified atom stereocenters. The molecule has 1 atom stereocenters. The topological polar surface area (TPSA) is 78.5 Å². The molecule has 0 bridgehead atoms. The normalized spacial score (nSPS) is 18.8. The fourth-order valence-corrected chi connectivity index (χ4v) is 3.41. The minimum absolute atomic E-state index is 0.0982. The van der Waals surface area contributed by atoms with Crippen LogP contribution in [0.15, 0.2) is 48.5 Å². The molecule has 2 aromatic carbocycles. The Morgan fingerprint density at radius 1 is 1.07 bits per heavy atom. The Labute approximate surface area is 167 Å². The summed E-state index contributed by atoms with van der Waals surface area (Å²) in [4.78, 5) is 38.5. The molecule has 2 N–H and O–H groups in total. The molecule has 2 aliphatic rings. The van der Waals surface area contributed by atoms with Crippen LogP contribution in [-0.4, -0.2) is 30.3 Å². The number of amides is 3. The first-order valence-corrected chi connectivity index (χ1v) is 9.65. The van der Waals surface area contributed by atoms with Crippen LogP contribution in [0.4, 0.5) is 11.4 Å². The highest BCUT2D eigenvalue weighted by Crippen LogP contribution is 2.28. The number of carbonyl (C=O) groups is 3. The van der Waals surface area contributed by atoms with E-state index in [0.717, 1.165) is 12.8 Å². The van der Waals surface area contributed by atoms with E-state index in [1.54, 1.807) is 53.4 Å². The maximum absolute atomic E-state index is 12.6. The number of rotatable bonds is 5. The second-order valence-electron chi connectivity index (χ2n) is 7.20. The summed E-state index contributed by atoms with van der Waals surface area (Å²) in [6.07, 6.45) is 2.22. The molecule has 7 heteroatoms. The van der Waals surface area contributed by atoms with E-state index in [0.29, 0.717) is 34.5 Å². The molecule has 4 rings (SSSR count). The van der Waals surface area contributed by atoms with Gasteiger partial charge in [0.15, 0.2) is 0 Å². The van der Waals surface area contributed by atoms with Crippen LogP contribution in [0, 0.1) is 5.92 Å². The van der Waals surface area contributed by atoms with Crippen molar-refractivity contribution >= 4 is 40.7 Å². The van der Waals surface area contributed by atoms with Gasteiger partial charge in [-0.1, -0.05) is 17.7 Å². The van der Waals surface area contributed by atoms with Crippen molar-refractivity contribution in [1.29, 1.82) is 0 Å². The summed E-state index contributed by atoms with van der Waals surface area (Å²) in [7, 11) is 0. The molecule has 1 heterocycles. The van der Waals surface area contributed by atoms with Crippen LogP contribution in [-0.2, 0) is 9.59 Å². The van der Waals surface area contributed by atoms with Gasteiger partial charge in [-0.3, -0.25) is 14.4 Å². The lowest BCUT2D eigenvalue weighted by Crippen LogP contribution is -2.28. The summed E-state index contributed by atoms with van der Waals surface area (Å²) in [6.45, 7) is 0.312. The van der Waals surface area contributed by atoms with Gasteiger partial charge in [-0.15, -0.1) is 0 Å². The number of hydrogen-bond acceptors (Lipinski definition) is 3. The number of halogens is 1. The van der Waals surface area contributed by atoms with Crippen molar-refractivity contribution in [3.63, 3.8) is 0 Å². The maximum Gasteiger partial charge on any atom is 0.251 e. The first kappa shape index (κ1) is 18.5. The van der Waals surface area contributed by atoms with Crippen LogP contribution < -0.4 is 15.5 Å². The van der Waals surface area contributed by atoms with Crippen molar-refractivity contribution < 1.29 is 14.4 Å². The summed E-state index contributed by atoms with van der Waals surface area (Å²) in [5.41, 5.74) is 1.86. The van der Waals surface area contributed by atoms with E-state index in [9.17, 15) is 14.4 Å². The second-order valence-corrected chi connectivity index (χ2v) is 7.64. The highest BCUT2D eigenvalue weighted by molar-refractivity contribution is 6.31. The Morgan fingerprint density at radius 2 is 1.82 bits per heavy atom. The van der Waals surface area contributed by atoms with Crippen LogP contribution >= 0.6 is 11.6 Å². The van der Waals surface area contributed by atoms with Crippen molar-refractivity contribution in [2.45, 2.75) is 25.3 Å². The number of anilines is 2. The molecular formula is C21H20ClN3O3. The van der Waals surface area contributed by atoms with Crippen molar-refractivity contribution in [3.8, 4) is 0 Å². The molecule has 144 valence electrons. The molecule has 28 heavy (non-hydrogen) atoms. The molecule has 1 saturated carbocycles. The minimum atomic E-state index is -0.440. The van der Waals surface area contributed by atoms with Crippen LogP contribution in [0.1, 0.15) is 29.6 Å². The number of carbonyl (C=O) groups excluding carboxylic acids is 3. The van der Waals surface area contributed by atoms with Crippen molar-refractivity contribution in [1.82, 2.24) is 5.32 Å². The average Bonchev–Trinajstić information content (AvgIpc) is 3.40. The van der Waals surface area contributed by atoms with E-state index < -0.39 is 5.92 Å². The standard InChI is InChI=1S/C21H20ClN3O3/c22-15-2-1-3-18(11-15)25-12-14(10-19(25)26)21(28)24-16-6-4-13(5-7-16)20(27)23-17-8-9-17/h1-7,11,14,17H,8-10,12H2,(H,23,27)(H,24,28). The fraction of sp³-hybridized carbons (Fsp3) is 0.286. The van der Waals surface area contributed by atoms with Gasteiger partial charge in [0.05, 0.1) is 5.92 Å². The third-order valence-electron chi connectivity index (χ3n) is 4.94. The lowest BCUT2D eigenvalue weighted by atomic mass is 10.1. The monoisotopic (exact) mass is 397 g/mol. The van der Waals surface area contributed by atoms with E-state index in [1.807, 2.05) is 0 Å². The Hall–Kier alpha value is -2.86. The number of hydrogen-bond donors (Lipinski definition) is 2. The van der Waals surface area contributed by atoms with Gasteiger partial charge in [0, 0.05) is 41.0 Å². The zero-order valence-electron chi connectivity index (χ0n) is 15.2. The number of nitrogens with zero attached hydrogens (tertiary/aromatic N) is 1. The molecule has 2 aromatic rings. The molecular weight excluding hydrogens is 378 g/mol. The van der Waals surface area contributed by atoms with E-state index in [1.165, 1.54) is 0 Å². The van der Waals surface area contributed by atoms with Crippen LogP contribution in [0.3, 0.4) is 0 Å². The third-order valence-corrected chi connectivity index (χ3v) is 5.18. The van der Waals surface area contributed by atoms with Gasteiger partial charge in [-0.25, -0.2) is 0 Å². The van der Waals surface area contributed by atoms with Gasteiger partial charge in [-0.05, 0) is 55.3 Å². The molecule has 0 radical (unpaired) electrons. The molecule has 6 nitrogen and oxygen atoms in total. The van der Waals surface area contributed by atoms with Crippen LogP contribution in [0.5, 0.6) is 0 Å². The molecule has 1 saturated heterocycles. The van der Waals surface area contributed by atoms with Crippen LogP contribution in [0.25, 0.3) is 0 Å². The van der Waals surface area contributed by atoms with Crippen molar-refractivity contribution in [2.75, 3.05) is 16.8 Å². The first-order valence-electron chi connectivity index (χ1n) is 9.27. The van der Waals surface area contributed by atoms with Gasteiger partial charge >= 0.3 is 0 Å². The lowest BCUT2D eigenvalue weighted by molar-refractivity contribution is -0.122. The highest BCUT2D eigenvalue weighted by atomic mass is 35.5. The zero-order chi connectivity index (χ0) is 19.7. The van der Waals surface area contributed by atoms with E-state index in [4.69, 9.17) is 11.6 Å². The molecule has 1 aliphatic heterocycles. The predicted molar refractivity (Wildman–Crippen MR) is 107 cm³/mol. The summed E-state index contributed by atoms with van der Waals surface area (Å²) in [6, 6.07) is 14.1. The maximum atomic E-state index is 12.6. The quantitative estimate of drug-likeness (QED) is 0.813. The van der Waals surface area contributed by atoms with Gasteiger partial charge in [0.25, 0.3) is 5.91 Å². The SMILES string of the molecule is O=C(NC1CC1)c1ccc(NC(=O)C2CC(=O)N(c3cccc(Cl)c3)C2)cc1. The van der Waals surface area contributed by atoms with E-state index in [-0.39, 0.29) is 24.1 Å². The number of benzene rings is 2. The van der Waals surface area contributed by atoms with Gasteiger partial charge < -0.3 is 15.5 Å². The van der Waals surface area contributed by atoms with Gasteiger partial charge in [-0.2, -0.15) is 0 Å². The Kier molecular flexibility index (Phi) is 5.05. The lowest BCUT2D eigenvalue weighted by Gasteiger charge is -2.17. The number of nitrogens with one attached hydrogen (secondary N) is 2. The first-order chi connectivity index (χ1) is 13.5. The summed E-state index contributed by atoms with van der Waals surface area (Å²) in [5, 5.41) is 6.30. The fourth-order valence-electron chi connectivity index (χ4n) is 3.22. The average molecular weight is 398 g/mol. The van der Waals surface area contributed by atoms with Gasteiger partial charge in [0.2, 0.25) is 11.8 Å². The van der Waals surface area contributed by atoms with E-state index in [2.05, 4.69) is 10.6 Å². The molecule has 2 fully saturated rings. The summed E-state index contributed by atoms with van der Waals surface area (Å²) >= 11 is 6.00. The molecule has 3 amide bonds. The third kappa shape index (κ3) is 4.17. The smallest absolute Gasteiger partial charge is 0.251 e.